The fourth-order valence-corrected chi connectivity index (χ4v) is 5.30. The van der Waals surface area contributed by atoms with Gasteiger partial charge >= 0.3 is 11.9 Å². The molecule has 0 amide bonds. The minimum Gasteiger partial charge on any atom is -0.435 e. The zero-order valence-electron chi connectivity index (χ0n) is 28.8. The van der Waals surface area contributed by atoms with Crippen molar-refractivity contribution in [2.75, 3.05) is 29.7 Å². The lowest BCUT2D eigenvalue weighted by molar-refractivity contribution is -0.779. The lowest BCUT2D eigenvalue weighted by atomic mass is 9.97. The number of aryl methyl sites for hydroxylation is 2. The summed E-state index contributed by atoms with van der Waals surface area (Å²) in [5.41, 5.74) is 4.11. The standard InChI is InChI=1S/C19H23NO5.C16H22Cl2N2O5/c1-4-5-6-18(25-20(22)23)24-19(21)14(3)15-9-10-16-11-13(2)7-8-17(16)12-15;1-13(25-20(22)23)24-16(21)4-2-3-14-5-7-15(8-6-14)19(11-9-17)12-10-18/h7-12,14,18H,4-6H2,1-3H3;5-8,13H,2-4,9-12H2,1H3/t14-,18?;/m0./s1. The maximum Gasteiger partial charge on any atom is 0.315 e. The number of anilines is 1. The average molecular weight is 739 g/mol. The number of ether oxygens (including phenoxy) is 2. The van der Waals surface area contributed by atoms with Gasteiger partial charge in [-0.3, -0.25) is 19.3 Å². The molecule has 3 aromatic rings. The van der Waals surface area contributed by atoms with Gasteiger partial charge < -0.3 is 14.4 Å². The van der Waals surface area contributed by atoms with Gasteiger partial charge in [0.15, 0.2) is 0 Å². The molecule has 50 heavy (non-hydrogen) atoms. The molecular formula is C35H45Cl2N3O10. The summed E-state index contributed by atoms with van der Waals surface area (Å²) in [5, 5.41) is 20.9. The number of hydrogen-bond donors (Lipinski definition) is 0. The van der Waals surface area contributed by atoms with Crippen molar-refractivity contribution < 1.29 is 38.9 Å². The summed E-state index contributed by atoms with van der Waals surface area (Å²) in [4.78, 5) is 55.3. The highest BCUT2D eigenvalue weighted by molar-refractivity contribution is 6.18. The monoisotopic (exact) mass is 737 g/mol. The third-order valence-corrected chi connectivity index (χ3v) is 7.84. The summed E-state index contributed by atoms with van der Waals surface area (Å²) in [5.74, 6) is -0.542. The van der Waals surface area contributed by atoms with Gasteiger partial charge in [-0.1, -0.05) is 67.4 Å². The maximum absolute atomic E-state index is 12.4. The van der Waals surface area contributed by atoms with Crippen LogP contribution in [0, 0.1) is 27.2 Å². The summed E-state index contributed by atoms with van der Waals surface area (Å²) in [7, 11) is 0. The summed E-state index contributed by atoms with van der Waals surface area (Å²) < 4.78 is 9.98. The number of benzene rings is 3. The van der Waals surface area contributed by atoms with Gasteiger partial charge in [0.1, 0.15) is 0 Å². The number of alkyl halides is 2. The first kappa shape index (κ1) is 41.8. The van der Waals surface area contributed by atoms with Crippen LogP contribution in [-0.4, -0.2) is 59.5 Å². The molecule has 15 heteroatoms. The Morgan fingerprint density at radius 3 is 2.06 bits per heavy atom. The largest absolute Gasteiger partial charge is 0.435 e. The van der Waals surface area contributed by atoms with Gasteiger partial charge in [-0.25, -0.2) is 0 Å². The molecule has 0 fully saturated rings. The normalized spacial score (nSPS) is 12.4. The van der Waals surface area contributed by atoms with E-state index >= 15 is 0 Å². The molecule has 0 N–H and O–H groups in total. The van der Waals surface area contributed by atoms with Gasteiger partial charge in [0.05, 0.1) is 5.92 Å². The second-order valence-electron chi connectivity index (χ2n) is 11.4. The van der Waals surface area contributed by atoms with E-state index < -0.39 is 40.6 Å². The number of esters is 2. The molecule has 3 rings (SSSR count). The number of carbonyl (C=O) groups is 2. The van der Waals surface area contributed by atoms with Crippen molar-refractivity contribution in [2.24, 2.45) is 0 Å². The van der Waals surface area contributed by atoms with E-state index in [1.165, 1.54) is 12.5 Å². The third kappa shape index (κ3) is 15.5. The number of halogens is 2. The highest BCUT2D eigenvalue weighted by Crippen LogP contribution is 2.25. The summed E-state index contributed by atoms with van der Waals surface area (Å²) in [6.07, 6.45) is 0.890. The SMILES string of the molecule is CC(OC(=O)CCCc1ccc(N(CCCl)CCCl)cc1)O[N+](=O)[O-].CCCCC(OC(=O)[C@@H](C)c1ccc2cc(C)ccc2c1)O[N+](=O)[O-]. The Morgan fingerprint density at radius 1 is 0.840 bits per heavy atom. The van der Waals surface area contributed by atoms with Gasteiger partial charge in [0.25, 0.3) is 10.2 Å². The Balaban J connectivity index is 0.000000347. The van der Waals surface area contributed by atoms with Crippen LogP contribution in [0.2, 0.25) is 0 Å². The first-order valence-corrected chi connectivity index (χ1v) is 17.4. The molecule has 3 atom stereocenters. The van der Waals surface area contributed by atoms with Crippen LogP contribution >= 0.6 is 23.2 Å². The molecule has 2 unspecified atom stereocenters. The predicted molar refractivity (Wildman–Crippen MR) is 191 cm³/mol. The zero-order valence-corrected chi connectivity index (χ0v) is 30.3. The van der Waals surface area contributed by atoms with Gasteiger partial charge in [-0.15, -0.1) is 43.4 Å². The molecule has 3 aromatic carbocycles. The highest BCUT2D eigenvalue weighted by Gasteiger charge is 2.23. The molecule has 0 heterocycles. The molecule has 0 bridgehead atoms. The van der Waals surface area contributed by atoms with Crippen molar-refractivity contribution in [1.29, 1.82) is 0 Å². The molecule has 0 aliphatic heterocycles. The van der Waals surface area contributed by atoms with Gasteiger partial charge in [0.2, 0.25) is 12.6 Å². The van der Waals surface area contributed by atoms with Crippen molar-refractivity contribution in [1.82, 2.24) is 0 Å². The summed E-state index contributed by atoms with van der Waals surface area (Å²) >= 11 is 11.6. The highest BCUT2D eigenvalue weighted by atomic mass is 35.5. The predicted octanol–water partition coefficient (Wildman–Crippen LogP) is 7.91. The Morgan fingerprint density at radius 2 is 1.46 bits per heavy atom. The van der Waals surface area contributed by atoms with Crippen LogP contribution in [0.25, 0.3) is 10.8 Å². The van der Waals surface area contributed by atoms with Crippen molar-refractivity contribution in [2.45, 2.75) is 84.7 Å². The first-order chi connectivity index (χ1) is 23.9. The van der Waals surface area contributed by atoms with E-state index in [0.29, 0.717) is 37.4 Å². The Bertz CT molecular complexity index is 1520. The number of nitrogens with zero attached hydrogens (tertiary/aromatic N) is 3. The number of hydrogen-bond acceptors (Lipinski definition) is 11. The van der Waals surface area contributed by atoms with Crippen LogP contribution in [0.15, 0.2) is 60.7 Å². The van der Waals surface area contributed by atoms with Gasteiger partial charge in [-0.05, 0) is 74.1 Å². The van der Waals surface area contributed by atoms with Gasteiger partial charge in [0, 0.05) is 43.4 Å². The molecule has 0 spiro atoms. The first-order valence-electron chi connectivity index (χ1n) is 16.3. The molecular weight excluding hydrogens is 693 g/mol. The average Bonchev–Trinajstić information content (AvgIpc) is 3.06. The second kappa shape index (κ2) is 22.4. The van der Waals surface area contributed by atoms with Gasteiger partial charge in [-0.2, -0.15) is 0 Å². The van der Waals surface area contributed by atoms with E-state index in [4.69, 9.17) is 32.7 Å². The second-order valence-corrected chi connectivity index (χ2v) is 12.2. The molecule has 0 saturated carbocycles. The molecule has 0 aliphatic carbocycles. The lowest BCUT2D eigenvalue weighted by Crippen LogP contribution is -2.27. The van der Waals surface area contributed by atoms with Crippen LogP contribution < -0.4 is 4.90 Å². The van der Waals surface area contributed by atoms with Crippen LogP contribution in [0.4, 0.5) is 5.69 Å². The minimum atomic E-state index is -1.20. The Hall–Kier alpha value is -4.36. The fourth-order valence-electron chi connectivity index (χ4n) is 4.89. The van der Waals surface area contributed by atoms with Crippen molar-refractivity contribution in [3.05, 3.63) is 97.6 Å². The number of carbonyl (C=O) groups excluding carboxylic acids is 2. The summed E-state index contributed by atoms with van der Waals surface area (Å²) in [6.45, 7) is 8.45. The Labute approximate surface area is 301 Å². The van der Waals surface area contributed by atoms with E-state index in [9.17, 15) is 29.8 Å². The van der Waals surface area contributed by atoms with Crippen LogP contribution in [0.1, 0.15) is 75.5 Å². The smallest absolute Gasteiger partial charge is 0.315 e. The number of unbranched alkanes of at least 4 members (excludes halogenated alkanes) is 1. The van der Waals surface area contributed by atoms with E-state index in [0.717, 1.165) is 47.1 Å². The van der Waals surface area contributed by atoms with E-state index in [1.807, 2.05) is 68.4 Å². The molecule has 0 aromatic heterocycles. The Kier molecular flexibility index (Phi) is 18.7. The molecule has 274 valence electrons. The van der Waals surface area contributed by atoms with E-state index in [-0.39, 0.29) is 6.42 Å². The molecule has 0 saturated heterocycles. The topological polar surface area (TPSA) is 161 Å². The van der Waals surface area contributed by atoms with Crippen LogP contribution in [0.3, 0.4) is 0 Å². The molecule has 0 aliphatic rings. The quantitative estimate of drug-likeness (QED) is 0.0364. The fraction of sp³-hybridized carbons (Fsp3) is 0.486. The minimum absolute atomic E-state index is 0.164. The summed E-state index contributed by atoms with van der Waals surface area (Å²) in [6, 6.07) is 19.9. The van der Waals surface area contributed by atoms with Crippen molar-refractivity contribution in [3.8, 4) is 0 Å². The molecule has 0 radical (unpaired) electrons. The maximum atomic E-state index is 12.4. The third-order valence-electron chi connectivity index (χ3n) is 7.51. The lowest BCUT2D eigenvalue weighted by Gasteiger charge is -2.23. The van der Waals surface area contributed by atoms with E-state index in [2.05, 4.69) is 20.6 Å². The van der Waals surface area contributed by atoms with Crippen LogP contribution in [0.5, 0.6) is 0 Å². The zero-order chi connectivity index (χ0) is 37.1. The molecule has 13 nitrogen and oxygen atoms in total. The van der Waals surface area contributed by atoms with Crippen molar-refractivity contribution >= 4 is 51.6 Å². The number of fused-ring (bicyclic) bond motifs is 1. The van der Waals surface area contributed by atoms with Crippen LogP contribution in [-0.2, 0) is 35.2 Å². The number of rotatable bonds is 20. The van der Waals surface area contributed by atoms with Crippen molar-refractivity contribution in [3.63, 3.8) is 0 Å². The van der Waals surface area contributed by atoms with E-state index in [1.54, 1.807) is 6.92 Å².